The van der Waals surface area contributed by atoms with Crippen LogP contribution in [0, 0.1) is 0 Å². The van der Waals surface area contributed by atoms with E-state index >= 15 is 0 Å². The maximum absolute atomic E-state index is 12.1. The standard InChI is InChI=1S/C7H6NO2.2C4H9.Ca/c9-7(10)8-6-4-2-1-3-5-6;2*1-4(2)3;/h1-4,8H,(H,9,10);2*1-3H3;/q;;;+1/p-1. The van der Waals surface area contributed by atoms with Crippen molar-refractivity contribution in [1.82, 2.24) is 0 Å². The van der Waals surface area contributed by atoms with E-state index in [4.69, 9.17) is 1.44 Å². The summed E-state index contributed by atoms with van der Waals surface area (Å²) < 4.78 is 7.39. The monoisotopic (exact) mass is 289 g/mol. The summed E-state index contributed by atoms with van der Waals surface area (Å²) in [7, 11) is 0. The quantitative estimate of drug-likeness (QED) is 0.733. The number of fused-ring (bicyclic) bond motifs is 1. The van der Waals surface area contributed by atoms with Gasteiger partial charge in [0, 0.05) is 0 Å². The Morgan fingerprint density at radius 1 is 1.00 bits per heavy atom. The zero-order valence-electron chi connectivity index (χ0n) is 12.8. The van der Waals surface area contributed by atoms with Crippen LogP contribution in [0.4, 0.5) is 10.5 Å². The van der Waals surface area contributed by atoms with Crippen LogP contribution in [0.25, 0.3) is 0 Å². The van der Waals surface area contributed by atoms with E-state index < -0.39 is 30.5 Å². The van der Waals surface area contributed by atoms with Crippen LogP contribution in [0.2, 0.25) is 3.02 Å². The minimum absolute atomic E-state index is 0.00954. The Bertz CT molecular complexity index is 498. The third-order valence-electron chi connectivity index (χ3n) is 5.13. The van der Waals surface area contributed by atoms with Crippen LogP contribution in [-0.4, -0.2) is 36.6 Å². The number of amides is 1. The maximum atomic E-state index is 12.1. The normalized spacial score (nSPS) is 18.3. The Kier molecular flexibility index (Phi) is 3.70. The van der Waals surface area contributed by atoms with Gasteiger partial charge in [-0.1, -0.05) is 0 Å². The van der Waals surface area contributed by atoms with Gasteiger partial charge in [-0.3, -0.25) is 0 Å². The second kappa shape index (κ2) is 4.64. The fourth-order valence-corrected chi connectivity index (χ4v) is 17.4. The zero-order chi connectivity index (χ0) is 14.5. The van der Waals surface area contributed by atoms with E-state index in [0.29, 0.717) is 0 Å². The van der Waals surface area contributed by atoms with Crippen LogP contribution >= 0.6 is 0 Å². The Labute approximate surface area is 123 Å². The first kappa shape index (κ1) is 15.1. The van der Waals surface area contributed by atoms with Crippen LogP contribution in [-0.2, 0) is 1.44 Å². The predicted molar refractivity (Wildman–Crippen MR) is 81.4 cm³/mol. The summed E-state index contributed by atoms with van der Waals surface area (Å²) in [4.78, 5) is 12.1. The van der Waals surface area contributed by atoms with E-state index in [2.05, 4.69) is 52.9 Å². The fraction of sp³-hybridized carbons (Fsp3) is 0.533. The van der Waals surface area contributed by atoms with Crippen molar-refractivity contribution in [2.75, 3.05) is 5.32 Å². The topological polar surface area (TPSA) is 38.3 Å². The molecule has 2 rings (SSSR count). The minimum atomic E-state index is -3.53. The number of anilines is 1. The van der Waals surface area contributed by atoms with Gasteiger partial charge in [-0.15, -0.1) is 0 Å². The second-order valence-corrected chi connectivity index (χ2v) is 19.6. The van der Waals surface area contributed by atoms with Gasteiger partial charge < -0.3 is 0 Å². The van der Waals surface area contributed by atoms with Gasteiger partial charge in [0.15, 0.2) is 0 Å². The van der Waals surface area contributed by atoms with Crippen molar-refractivity contribution in [3.05, 3.63) is 24.3 Å². The average Bonchev–Trinajstić information content (AvgIpc) is 2.24. The third-order valence-corrected chi connectivity index (χ3v) is 18.2. The Balaban J connectivity index is 2.79. The van der Waals surface area contributed by atoms with E-state index in [1.54, 1.807) is 0 Å². The van der Waals surface area contributed by atoms with Gasteiger partial charge in [-0.25, -0.2) is 0 Å². The molecule has 4 heteroatoms. The molecule has 1 amide bonds. The predicted octanol–water partition coefficient (Wildman–Crippen LogP) is 4.00. The number of benzene rings is 1. The zero-order valence-corrected chi connectivity index (χ0v) is 15.0. The fourth-order valence-electron chi connectivity index (χ4n) is 4.66. The van der Waals surface area contributed by atoms with Crippen molar-refractivity contribution in [2.45, 2.75) is 44.6 Å². The molecule has 3 nitrogen and oxygen atoms in total. The van der Waals surface area contributed by atoms with Crippen molar-refractivity contribution in [2.24, 2.45) is 0 Å². The van der Waals surface area contributed by atoms with E-state index in [0.717, 1.165) is 5.69 Å². The van der Waals surface area contributed by atoms with Crippen molar-refractivity contribution in [3.8, 4) is 0 Å². The van der Waals surface area contributed by atoms with E-state index in [-0.39, 0.29) is 9.12 Å². The van der Waals surface area contributed by atoms with E-state index in [1.165, 1.54) is 1.66 Å². The average molecular weight is 289 g/mol. The molecule has 19 heavy (non-hydrogen) atoms. The Morgan fingerprint density at radius 3 is 2.05 bits per heavy atom. The molecule has 1 heterocycles. The molecule has 0 atom stereocenters. The molecule has 0 bridgehead atoms. The molecule has 0 spiro atoms. The van der Waals surface area contributed by atoms with Crippen LogP contribution < -0.4 is 6.98 Å². The molecule has 0 unspecified atom stereocenters. The van der Waals surface area contributed by atoms with E-state index in [9.17, 15) is 4.79 Å². The molecular formula is C15H23CaNO2. The van der Waals surface area contributed by atoms with Gasteiger partial charge in [0.25, 0.3) is 0 Å². The molecule has 1 aliphatic heterocycles. The summed E-state index contributed by atoms with van der Waals surface area (Å²) in [6.07, 6.45) is -0.274. The summed E-state index contributed by atoms with van der Waals surface area (Å²) in [5.74, 6) is 0. The van der Waals surface area contributed by atoms with Gasteiger partial charge in [0.05, 0.1) is 0 Å². The first-order valence-electron chi connectivity index (χ1n) is 7.08. The van der Waals surface area contributed by atoms with Crippen molar-refractivity contribution < 1.29 is 6.24 Å². The number of rotatable bonds is 0. The summed E-state index contributed by atoms with van der Waals surface area (Å²) in [6, 6.07) is 8.14. The number of carbonyl (C=O) groups is 1. The van der Waals surface area contributed by atoms with Gasteiger partial charge in [0.2, 0.25) is 0 Å². The molecule has 1 N–H and O–H groups in total. The molecule has 1 aromatic rings. The van der Waals surface area contributed by atoms with E-state index in [1.807, 2.05) is 18.2 Å². The molecule has 0 aromatic heterocycles. The van der Waals surface area contributed by atoms with Gasteiger partial charge in [-0.2, -0.15) is 0 Å². The van der Waals surface area contributed by atoms with Crippen LogP contribution in [0.15, 0.2) is 24.3 Å². The number of carbonyl (C=O) groups excluding carboxylic acids is 1. The molecule has 0 saturated heterocycles. The Hall–Kier alpha value is -0.250. The van der Waals surface area contributed by atoms with Crippen LogP contribution in [0.5, 0.6) is 0 Å². The van der Waals surface area contributed by atoms with Crippen LogP contribution in [0.3, 0.4) is 0 Å². The van der Waals surface area contributed by atoms with Gasteiger partial charge >= 0.3 is 124 Å². The molecule has 0 saturated carbocycles. The van der Waals surface area contributed by atoms with Crippen molar-refractivity contribution >= 4 is 43.9 Å². The second-order valence-electron chi connectivity index (χ2n) is 8.30. The van der Waals surface area contributed by atoms with Crippen LogP contribution in [0.1, 0.15) is 41.5 Å². The number of nitrogens with one attached hydrogen (secondary N) is 1. The first-order chi connectivity index (χ1) is 8.59. The molecule has 0 aliphatic carbocycles. The molecule has 1 aromatic carbocycles. The van der Waals surface area contributed by atoms with Crippen molar-refractivity contribution in [1.29, 1.82) is 0 Å². The summed E-state index contributed by atoms with van der Waals surface area (Å²) in [5.41, 5.74) is 0.948. The molecule has 0 fully saturated rings. The summed E-state index contributed by atoms with van der Waals surface area (Å²) >= 11 is -3.53. The summed E-state index contributed by atoms with van der Waals surface area (Å²) in [5, 5.41) is 2.85. The first-order valence-corrected chi connectivity index (χ1v) is 11.3. The Morgan fingerprint density at radius 2 is 1.53 bits per heavy atom. The summed E-state index contributed by atoms with van der Waals surface area (Å²) in [6.45, 7) is 13.3. The number of hydrogen-bond acceptors (Lipinski definition) is 2. The third kappa shape index (κ3) is 2.30. The van der Waals surface area contributed by atoms with Gasteiger partial charge in [0.1, 0.15) is 0 Å². The number of hydrogen-bond donors (Lipinski definition) is 1. The number of para-hydroxylation sites is 1. The molecule has 2 radical (unpaired) electrons. The molecule has 1 aliphatic rings. The SMILES string of the molecule is C[C](C)(C)[Ca]1([C](C)(C)C)[O]C(=O)Nc2cccc[c]21. The molecule has 102 valence electrons. The van der Waals surface area contributed by atoms with Gasteiger partial charge in [-0.05, 0) is 0 Å². The van der Waals surface area contributed by atoms with Crippen molar-refractivity contribution in [3.63, 3.8) is 0 Å². The molecular weight excluding hydrogens is 266 g/mol.